The number of hydrogen-bond donors (Lipinski definition) is 1. The Balaban J connectivity index is 1.66. The van der Waals surface area contributed by atoms with Gasteiger partial charge in [-0.1, -0.05) is 30.3 Å². The molecule has 1 atom stereocenters. The van der Waals surface area contributed by atoms with E-state index in [4.69, 9.17) is 0 Å². The molecule has 0 spiro atoms. The Bertz CT molecular complexity index is 1190. The smallest absolute Gasteiger partial charge is 0.253 e. The second-order valence-electron chi connectivity index (χ2n) is 7.09. The van der Waals surface area contributed by atoms with Gasteiger partial charge in [-0.25, -0.2) is 8.42 Å². The van der Waals surface area contributed by atoms with Gasteiger partial charge < -0.3 is 5.32 Å². The minimum Gasteiger partial charge on any atom is -0.325 e. The van der Waals surface area contributed by atoms with Crippen molar-refractivity contribution >= 4 is 38.7 Å². The number of carbonyl (C=O) groups excluding carboxylic acids is 2. The molecule has 0 radical (unpaired) electrons. The number of benzene rings is 2. The molecule has 1 amide bonds. The van der Waals surface area contributed by atoms with Gasteiger partial charge >= 0.3 is 0 Å². The van der Waals surface area contributed by atoms with Gasteiger partial charge in [-0.2, -0.15) is 4.31 Å². The molecule has 3 aromatic rings. The molecule has 0 fully saturated rings. The van der Waals surface area contributed by atoms with Crippen molar-refractivity contribution in [2.45, 2.75) is 30.1 Å². The molecule has 0 saturated carbocycles. The molecule has 1 N–H and O–H groups in total. The molecule has 1 aliphatic heterocycles. The Labute approximate surface area is 179 Å². The van der Waals surface area contributed by atoms with Crippen molar-refractivity contribution in [1.29, 1.82) is 0 Å². The first-order valence-electron chi connectivity index (χ1n) is 9.40. The molecule has 0 unspecified atom stereocenters. The number of nitrogens with zero attached hydrogens (tertiary/aromatic N) is 1. The molecule has 30 heavy (non-hydrogen) atoms. The zero-order valence-corrected chi connectivity index (χ0v) is 17.9. The third-order valence-electron chi connectivity index (χ3n) is 5.13. The van der Waals surface area contributed by atoms with Crippen molar-refractivity contribution in [1.82, 2.24) is 4.31 Å². The van der Waals surface area contributed by atoms with Gasteiger partial charge in [0.15, 0.2) is 5.78 Å². The van der Waals surface area contributed by atoms with Crippen LogP contribution in [-0.4, -0.2) is 30.5 Å². The predicted molar refractivity (Wildman–Crippen MR) is 116 cm³/mol. The van der Waals surface area contributed by atoms with E-state index in [1.165, 1.54) is 11.2 Å². The second kappa shape index (κ2) is 8.14. The molecular weight excluding hydrogens is 420 g/mol. The highest BCUT2D eigenvalue weighted by Crippen LogP contribution is 2.31. The highest BCUT2D eigenvalue weighted by molar-refractivity contribution is 7.91. The van der Waals surface area contributed by atoms with E-state index in [1.54, 1.807) is 41.8 Å². The summed E-state index contributed by atoms with van der Waals surface area (Å²) in [5, 5.41) is 4.51. The van der Waals surface area contributed by atoms with E-state index in [0.29, 0.717) is 11.3 Å². The molecular formula is C22H20N2O4S2. The number of anilines is 1. The molecule has 0 bridgehead atoms. The lowest BCUT2D eigenvalue weighted by Crippen LogP contribution is -2.50. The van der Waals surface area contributed by atoms with Crippen LogP contribution in [-0.2, 0) is 27.8 Å². The number of sulfonamides is 1. The van der Waals surface area contributed by atoms with Crippen molar-refractivity contribution in [3.8, 4) is 0 Å². The van der Waals surface area contributed by atoms with Crippen LogP contribution in [0.25, 0.3) is 0 Å². The summed E-state index contributed by atoms with van der Waals surface area (Å²) >= 11 is 1.13. The van der Waals surface area contributed by atoms with Gasteiger partial charge in [0.05, 0.1) is 0 Å². The van der Waals surface area contributed by atoms with Gasteiger partial charge in [-0.05, 0) is 60.2 Å². The number of hydrogen-bond acceptors (Lipinski definition) is 5. The minimum atomic E-state index is -3.82. The SMILES string of the molecule is CC(=O)c1ccc(NC(=O)[C@H]2Cc3ccccc3CN2S(=O)(=O)c2cccs2)cc1. The van der Waals surface area contributed by atoms with Gasteiger partial charge in [0, 0.05) is 17.8 Å². The van der Waals surface area contributed by atoms with E-state index >= 15 is 0 Å². The number of amides is 1. The molecule has 1 aliphatic rings. The molecule has 6 nitrogen and oxygen atoms in total. The summed E-state index contributed by atoms with van der Waals surface area (Å²) in [6, 6.07) is 16.5. The molecule has 8 heteroatoms. The minimum absolute atomic E-state index is 0.0648. The van der Waals surface area contributed by atoms with Crippen molar-refractivity contribution in [3.63, 3.8) is 0 Å². The Morgan fingerprint density at radius 2 is 1.70 bits per heavy atom. The fourth-order valence-corrected chi connectivity index (χ4v) is 6.20. The molecule has 4 rings (SSSR count). The topological polar surface area (TPSA) is 83.6 Å². The van der Waals surface area contributed by atoms with Crippen LogP contribution in [0.3, 0.4) is 0 Å². The van der Waals surface area contributed by atoms with Crippen molar-refractivity contribution in [2.24, 2.45) is 0 Å². The first-order chi connectivity index (χ1) is 14.4. The maximum Gasteiger partial charge on any atom is 0.253 e. The largest absolute Gasteiger partial charge is 0.325 e. The summed E-state index contributed by atoms with van der Waals surface area (Å²) in [6.07, 6.45) is 0.290. The molecule has 0 aliphatic carbocycles. The zero-order valence-electron chi connectivity index (χ0n) is 16.2. The summed E-state index contributed by atoms with van der Waals surface area (Å²) in [7, 11) is -3.82. The number of nitrogens with one attached hydrogen (secondary N) is 1. The van der Waals surface area contributed by atoms with E-state index in [1.807, 2.05) is 24.3 Å². The van der Waals surface area contributed by atoms with Crippen LogP contribution in [0, 0.1) is 0 Å². The van der Waals surface area contributed by atoms with E-state index in [9.17, 15) is 18.0 Å². The van der Waals surface area contributed by atoms with Crippen LogP contribution in [0.4, 0.5) is 5.69 Å². The number of fused-ring (bicyclic) bond motifs is 1. The summed E-state index contributed by atoms with van der Waals surface area (Å²) in [5.41, 5.74) is 2.91. The first-order valence-corrected chi connectivity index (χ1v) is 11.7. The number of carbonyl (C=O) groups is 2. The highest BCUT2D eigenvalue weighted by Gasteiger charge is 2.40. The average molecular weight is 441 g/mol. The van der Waals surface area contributed by atoms with Crippen molar-refractivity contribution < 1.29 is 18.0 Å². The monoisotopic (exact) mass is 440 g/mol. The fraction of sp³-hybridized carbons (Fsp3) is 0.182. The second-order valence-corrected chi connectivity index (χ2v) is 10.2. The van der Waals surface area contributed by atoms with E-state index in [2.05, 4.69) is 5.32 Å². The van der Waals surface area contributed by atoms with Gasteiger partial charge in [-0.3, -0.25) is 9.59 Å². The molecule has 154 valence electrons. The maximum absolute atomic E-state index is 13.3. The van der Waals surface area contributed by atoms with Crippen LogP contribution >= 0.6 is 11.3 Å². The van der Waals surface area contributed by atoms with Crippen LogP contribution in [0.5, 0.6) is 0 Å². The Morgan fingerprint density at radius 1 is 1.00 bits per heavy atom. The van der Waals surface area contributed by atoms with E-state index in [-0.39, 0.29) is 23.0 Å². The Kier molecular flexibility index (Phi) is 5.55. The maximum atomic E-state index is 13.3. The molecule has 1 aromatic heterocycles. The Morgan fingerprint density at radius 3 is 2.33 bits per heavy atom. The van der Waals surface area contributed by atoms with Gasteiger partial charge in [0.1, 0.15) is 10.3 Å². The van der Waals surface area contributed by atoms with Crippen LogP contribution in [0.2, 0.25) is 0 Å². The zero-order chi connectivity index (χ0) is 21.3. The third kappa shape index (κ3) is 3.94. The third-order valence-corrected chi connectivity index (χ3v) is 8.35. The fourth-order valence-electron chi connectivity index (χ4n) is 3.51. The number of Topliss-reactive ketones (excluding diaryl/α,β-unsaturated/α-hetero) is 1. The quantitative estimate of drug-likeness (QED) is 0.613. The number of rotatable bonds is 5. The van der Waals surface area contributed by atoms with E-state index in [0.717, 1.165) is 22.5 Å². The predicted octanol–water partition coefficient (Wildman–Crippen LogP) is 3.71. The van der Waals surface area contributed by atoms with Crippen molar-refractivity contribution in [3.05, 3.63) is 82.7 Å². The normalized spacial score (nSPS) is 16.6. The number of thiophene rings is 1. The van der Waals surface area contributed by atoms with Gasteiger partial charge in [0.25, 0.3) is 10.0 Å². The van der Waals surface area contributed by atoms with Crippen LogP contribution in [0.15, 0.2) is 70.3 Å². The average Bonchev–Trinajstić information content (AvgIpc) is 3.29. The lowest BCUT2D eigenvalue weighted by atomic mass is 9.95. The van der Waals surface area contributed by atoms with Crippen LogP contribution in [0.1, 0.15) is 28.4 Å². The van der Waals surface area contributed by atoms with Gasteiger partial charge in [-0.15, -0.1) is 11.3 Å². The highest BCUT2D eigenvalue weighted by atomic mass is 32.2. The summed E-state index contributed by atoms with van der Waals surface area (Å²) in [5.74, 6) is -0.467. The summed E-state index contributed by atoms with van der Waals surface area (Å²) in [4.78, 5) is 24.6. The lowest BCUT2D eigenvalue weighted by Gasteiger charge is -2.34. The first kappa shape index (κ1) is 20.5. The molecule has 0 saturated heterocycles. The molecule has 2 aromatic carbocycles. The molecule has 2 heterocycles. The van der Waals surface area contributed by atoms with E-state index < -0.39 is 22.0 Å². The summed E-state index contributed by atoms with van der Waals surface area (Å²) in [6.45, 7) is 1.61. The lowest BCUT2D eigenvalue weighted by molar-refractivity contribution is -0.120. The standard InChI is InChI=1S/C22H20N2O4S2/c1-15(25)16-8-10-19(11-9-16)23-22(26)20-13-17-5-2-3-6-18(17)14-24(20)30(27,28)21-7-4-12-29-21/h2-12,20H,13-14H2,1H3,(H,23,26)/t20-/m1/s1. The van der Waals surface area contributed by atoms with Crippen molar-refractivity contribution in [2.75, 3.05) is 5.32 Å². The van der Waals surface area contributed by atoms with Crippen LogP contribution < -0.4 is 5.32 Å². The van der Waals surface area contributed by atoms with Gasteiger partial charge in [0.2, 0.25) is 5.91 Å². The summed E-state index contributed by atoms with van der Waals surface area (Å²) < 4.78 is 28.0. The Hall–Kier alpha value is -2.81. The number of ketones is 1.